The first-order chi connectivity index (χ1) is 7.20. The summed E-state index contributed by atoms with van der Waals surface area (Å²) in [6.45, 7) is 1.76. The van der Waals surface area contributed by atoms with Gasteiger partial charge in [-0.15, -0.1) is 11.3 Å². The zero-order valence-electron chi connectivity index (χ0n) is 8.41. The van der Waals surface area contributed by atoms with Gasteiger partial charge in [0.2, 0.25) is 0 Å². The molecule has 0 radical (unpaired) electrons. The molecule has 1 nitrogen and oxygen atoms in total. The first-order valence-electron chi connectivity index (χ1n) is 4.74. The Morgan fingerprint density at radius 1 is 1.27 bits per heavy atom. The normalized spacial score (nSPS) is 12.7. The molecule has 1 heterocycles. The van der Waals surface area contributed by atoms with Gasteiger partial charge < -0.3 is 5.73 Å². The first-order valence-corrected chi connectivity index (χ1v) is 5.62. The molecule has 0 aliphatic heterocycles. The average Bonchev–Trinajstić information content (AvgIpc) is 2.74. The molecule has 78 valence electrons. The maximum Gasteiger partial charge on any atom is 0.126 e. The van der Waals surface area contributed by atoms with Gasteiger partial charge in [-0.3, -0.25) is 0 Å². The van der Waals surface area contributed by atoms with Gasteiger partial charge in [-0.25, -0.2) is 4.39 Å². The van der Waals surface area contributed by atoms with Crippen LogP contribution in [0.25, 0.3) is 0 Å². The fourth-order valence-corrected chi connectivity index (χ4v) is 2.33. The Labute approximate surface area is 92.4 Å². The second-order valence-electron chi connectivity index (χ2n) is 3.45. The van der Waals surface area contributed by atoms with Gasteiger partial charge in [0.1, 0.15) is 5.82 Å². The second kappa shape index (κ2) is 4.13. The van der Waals surface area contributed by atoms with Gasteiger partial charge >= 0.3 is 0 Å². The van der Waals surface area contributed by atoms with E-state index in [4.69, 9.17) is 5.73 Å². The van der Waals surface area contributed by atoms with Crippen LogP contribution >= 0.6 is 11.3 Å². The van der Waals surface area contributed by atoms with Gasteiger partial charge in [0, 0.05) is 4.88 Å². The molecule has 0 fully saturated rings. The highest BCUT2D eigenvalue weighted by Crippen LogP contribution is 2.26. The molecule has 3 heteroatoms. The molecule has 0 amide bonds. The third-order valence-electron chi connectivity index (χ3n) is 2.49. The minimum Gasteiger partial charge on any atom is -0.320 e. The molecule has 0 unspecified atom stereocenters. The quantitative estimate of drug-likeness (QED) is 0.827. The van der Waals surface area contributed by atoms with Gasteiger partial charge in [0.05, 0.1) is 6.04 Å². The van der Waals surface area contributed by atoms with Gasteiger partial charge in [-0.1, -0.05) is 18.2 Å². The van der Waals surface area contributed by atoms with Crippen LogP contribution in [0.1, 0.15) is 22.0 Å². The Hall–Kier alpha value is -1.19. The highest BCUT2D eigenvalue weighted by Gasteiger charge is 2.13. The lowest BCUT2D eigenvalue weighted by molar-refractivity contribution is 0.613. The summed E-state index contributed by atoms with van der Waals surface area (Å²) in [5.41, 5.74) is 7.57. The molecule has 1 aromatic carbocycles. The zero-order chi connectivity index (χ0) is 10.8. The molecule has 0 saturated carbocycles. The summed E-state index contributed by atoms with van der Waals surface area (Å²) in [5, 5.41) is 1.98. The Kier molecular flexibility index (Phi) is 2.84. The molecule has 2 aromatic rings. The van der Waals surface area contributed by atoms with Crippen LogP contribution in [0.3, 0.4) is 0 Å². The summed E-state index contributed by atoms with van der Waals surface area (Å²) < 4.78 is 13.3. The molecular weight excluding hydrogens is 209 g/mol. The molecule has 0 bridgehead atoms. The van der Waals surface area contributed by atoms with Crippen LogP contribution in [0.4, 0.5) is 4.39 Å². The highest BCUT2D eigenvalue weighted by molar-refractivity contribution is 7.10. The molecule has 2 rings (SSSR count). The lowest BCUT2D eigenvalue weighted by Gasteiger charge is -2.13. The van der Waals surface area contributed by atoms with E-state index >= 15 is 0 Å². The van der Waals surface area contributed by atoms with Crippen LogP contribution in [-0.4, -0.2) is 0 Å². The predicted molar refractivity (Wildman–Crippen MR) is 61.5 cm³/mol. The Morgan fingerprint density at radius 3 is 2.73 bits per heavy atom. The van der Waals surface area contributed by atoms with E-state index in [9.17, 15) is 4.39 Å². The Morgan fingerprint density at radius 2 is 2.07 bits per heavy atom. The van der Waals surface area contributed by atoms with Gasteiger partial charge in [-0.05, 0) is 35.6 Å². The van der Waals surface area contributed by atoms with Crippen molar-refractivity contribution in [2.45, 2.75) is 13.0 Å². The standard InChI is InChI=1S/C12H12FNS/c1-8-9(4-2-5-10(8)13)12(14)11-6-3-7-15-11/h2-7,12H,14H2,1H3/t12-/m0/s1. The molecule has 15 heavy (non-hydrogen) atoms. The van der Waals surface area contributed by atoms with Gasteiger partial charge in [0.15, 0.2) is 0 Å². The van der Waals surface area contributed by atoms with Crippen LogP contribution < -0.4 is 5.73 Å². The SMILES string of the molecule is Cc1c(F)cccc1[C@H](N)c1cccs1. The third-order valence-corrected chi connectivity index (χ3v) is 3.45. The summed E-state index contributed by atoms with van der Waals surface area (Å²) in [6, 6.07) is 8.74. The lowest BCUT2D eigenvalue weighted by atomic mass is 10.0. The van der Waals surface area contributed by atoms with Crippen molar-refractivity contribution in [3.05, 3.63) is 57.5 Å². The van der Waals surface area contributed by atoms with Crippen molar-refractivity contribution in [2.24, 2.45) is 5.73 Å². The minimum atomic E-state index is -0.222. The average molecular weight is 221 g/mol. The number of hydrogen-bond acceptors (Lipinski definition) is 2. The van der Waals surface area contributed by atoms with Crippen molar-refractivity contribution in [3.8, 4) is 0 Å². The van der Waals surface area contributed by atoms with E-state index < -0.39 is 0 Å². The van der Waals surface area contributed by atoms with Crippen LogP contribution in [0.5, 0.6) is 0 Å². The molecule has 0 aliphatic carbocycles. The monoisotopic (exact) mass is 221 g/mol. The van der Waals surface area contributed by atoms with E-state index in [2.05, 4.69) is 0 Å². The molecule has 1 atom stereocenters. The van der Waals surface area contributed by atoms with E-state index in [-0.39, 0.29) is 11.9 Å². The highest BCUT2D eigenvalue weighted by atomic mass is 32.1. The van der Waals surface area contributed by atoms with Crippen molar-refractivity contribution >= 4 is 11.3 Å². The summed E-state index contributed by atoms with van der Waals surface area (Å²) in [7, 11) is 0. The van der Waals surface area contributed by atoms with Crippen LogP contribution in [0.2, 0.25) is 0 Å². The number of benzene rings is 1. The zero-order valence-corrected chi connectivity index (χ0v) is 9.22. The van der Waals surface area contributed by atoms with Crippen molar-refractivity contribution < 1.29 is 4.39 Å². The summed E-state index contributed by atoms with van der Waals surface area (Å²) in [5.74, 6) is -0.195. The van der Waals surface area contributed by atoms with E-state index in [0.717, 1.165) is 10.4 Å². The van der Waals surface area contributed by atoms with E-state index in [1.54, 1.807) is 24.3 Å². The smallest absolute Gasteiger partial charge is 0.126 e. The number of thiophene rings is 1. The maximum absolute atomic E-state index is 13.3. The fraction of sp³-hybridized carbons (Fsp3) is 0.167. The number of nitrogens with two attached hydrogens (primary N) is 1. The topological polar surface area (TPSA) is 26.0 Å². The fourth-order valence-electron chi connectivity index (χ4n) is 1.58. The number of rotatable bonds is 2. The molecular formula is C12H12FNS. The number of halogens is 1. The molecule has 2 N–H and O–H groups in total. The van der Waals surface area contributed by atoms with Gasteiger partial charge in [0.25, 0.3) is 0 Å². The molecule has 0 saturated heterocycles. The maximum atomic E-state index is 13.3. The summed E-state index contributed by atoms with van der Waals surface area (Å²) in [4.78, 5) is 1.06. The minimum absolute atomic E-state index is 0.195. The summed E-state index contributed by atoms with van der Waals surface area (Å²) >= 11 is 1.59. The van der Waals surface area contributed by atoms with E-state index in [0.29, 0.717) is 5.56 Å². The first kappa shape index (κ1) is 10.3. The second-order valence-corrected chi connectivity index (χ2v) is 4.43. The van der Waals surface area contributed by atoms with Crippen LogP contribution in [0, 0.1) is 12.7 Å². The van der Waals surface area contributed by atoms with Crippen molar-refractivity contribution in [1.82, 2.24) is 0 Å². The van der Waals surface area contributed by atoms with Crippen molar-refractivity contribution in [3.63, 3.8) is 0 Å². The number of hydrogen-bond donors (Lipinski definition) is 1. The van der Waals surface area contributed by atoms with Crippen LogP contribution in [0.15, 0.2) is 35.7 Å². The van der Waals surface area contributed by atoms with Crippen molar-refractivity contribution in [2.75, 3.05) is 0 Å². The third kappa shape index (κ3) is 1.94. The Balaban J connectivity index is 2.42. The molecule has 1 aromatic heterocycles. The van der Waals surface area contributed by atoms with E-state index in [1.165, 1.54) is 6.07 Å². The van der Waals surface area contributed by atoms with Gasteiger partial charge in [-0.2, -0.15) is 0 Å². The van der Waals surface area contributed by atoms with Crippen molar-refractivity contribution in [1.29, 1.82) is 0 Å². The Bertz CT molecular complexity index is 451. The molecule has 0 spiro atoms. The molecule has 0 aliphatic rings. The summed E-state index contributed by atoms with van der Waals surface area (Å²) in [6.07, 6.45) is 0. The van der Waals surface area contributed by atoms with E-state index in [1.807, 2.05) is 23.6 Å². The largest absolute Gasteiger partial charge is 0.320 e. The predicted octanol–water partition coefficient (Wildman–Crippen LogP) is 3.24. The van der Waals surface area contributed by atoms with Crippen LogP contribution in [-0.2, 0) is 0 Å². The lowest BCUT2D eigenvalue weighted by Crippen LogP contribution is -2.12.